The molecule has 1 fully saturated rings. The molecule has 3 N–H and O–H groups in total. The minimum absolute atomic E-state index is 0.0493. The number of nitrogens with zero attached hydrogens (tertiary/aromatic N) is 2. The summed E-state index contributed by atoms with van der Waals surface area (Å²) >= 11 is 0. The maximum Gasteiger partial charge on any atom is 0.243 e. The molecule has 27 heavy (non-hydrogen) atoms. The van der Waals surface area contributed by atoms with Crippen LogP contribution in [0.2, 0.25) is 0 Å². The normalized spacial score (nSPS) is 20.4. The number of nitrogens with one attached hydrogen (secondary N) is 1. The molecule has 1 atom stereocenters. The summed E-state index contributed by atoms with van der Waals surface area (Å²) in [5.41, 5.74) is 7.04. The number of benzene rings is 1. The third-order valence-electron chi connectivity index (χ3n) is 5.16. The minimum Gasteiger partial charge on any atom is -0.355 e. The van der Waals surface area contributed by atoms with Crippen LogP contribution >= 0.6 is 0 Å². The highest BCUT2D eigenvalue weighted by molar-refractivity contribution is 7.89. The fourth-order valence-corrected chi connectivity index (χ4v) is 5.30. The van der Waals surface area contributed by atoms with E-state index < -0.39 is 10.0 Å². The zero-order valence-electron chi connectivity index (χ0n) is 15.5. The summed E-state index contributed by atoms with van der Waals surface area (Å²) in [6.07, 6.45) is 1.95. The van der Waals surface area contributed by atoms with Gasteiger partial charge in [0, 0.05) is 45.3 Å². The van der Waals surface area contributed by atoms with Crippen molar-refractivity contribution < 1.29 is 18.0 Å². The standard InChI is InChI=1S/C18H26N4O4S/c1-13(23)22-10-6-14-11-16(4-5-17(14)22)27(25,26)21-9-2-3-15(12-21)18(24)20-8-7-19/h4-5,11,15H,2-3,6-10,12,19H2,1H3,(H,20,24). The molecule has 0 radical (unpaired) electrons. The van der Waals surface area contributed by atoms with Gasteiger partial charge in [-0.2, -0.15) is 4.31 Å². The Labute approximate surface area is 159 Å². The van der Waals surface area contributed by atoms with Crippen molar-refractivity contribution in [1.82, 2.24) is 9.62 Å². The molecular weight excluding hydrogens is 368 g/mol. The lowest BCUT2D eigenvalue weighted by molar-refractivity contribution is -0.126. The number of carbonyl (C=O) groups is 2. The van der Waals surface area contributed by atoms with E-state index >= 15 is 0 Å². The molecule has 9 heteroatoms. The van der Waals surface area contributed by atoms with Crippen molar-refractivity contribution in [2.75, 3.05) is 37.6 Å². The zero-order valence-corrected chi connectivity index (χ0v) is 16.3. The van der Waals surface area contributed by atoms with E-state index in [2.05, 4.69) is 5.32 Å². The van der Waals surface area contributed by atoms with E-state index in [1.807, 2.05) is 0 Å². The fraction of sp³-hybridized carbons (Fsp3) is 0.556. The highest BCUT2D eigenvalue weighted by atomic mass is 32.2. The van der Waals surface area contributed by atoms with E-state index in [1.165, 1.54) is 11.2 Å². The predicted molar refractivity (Wildman–Crippen MR) is 102 cm³/mol. The summed E-state index contributed by atoms with van der Waals surface area (Å²) in [6, 6.07) is 4.91. The summed E-state index contributed by atoms with van der Waals surface area (Å²) in [5, 5.41) is 2.74. The van der Waals surface area contributed by atoms with Gasteiger partial charge in [0.05, 0.1) is 10.8 Å². The van der Waals surface area contributed by atoms with Crippen LogP contribution < -0.4 is 16.0 Å². The van der Waals surface area contributed by atoms with E-state index in [0.29, 0.717) is 45.4 Å². The molecule has 2 aliphatic rings. The zero-order chi connectivity index (χ0) is 19.6. The molecular formula is C18H26N4O4S. The van der Waals surface area contributed by atoms with Crippen molar-refractivity contribution in [2.45, 2.75) is 31.1 Å². The summed E-state index contributed by atoms with van der Waals surface area (Å²) in [4.78, 5) is 25.7. The first-order chi connectivity index (χ1) is 12.8. The smallest absolute Gasteiger partial charge is 0.243 e. The number of piperidine rings is 1. The molecule has 2 aliphatic heterocycles. The van der Waals surface area contributed by atoms with Gasteiger partial charge < -0.3 is 16.0 Å². The molecule has 1 unspecified atom stereocenters. The fourth-order valence-electron chi connectivity index (χ4n) is 3.73. The molecule has 0 bridgehead atoms. The number of hydrogen-bond acceptors (Lipinski definition) is 5. The average Bonchev–Trinajstić information content (AvgIpc) is 3.09. The van der Waals surface area contributed by atoms with Gasteiger partial charge in [0.2, 0.25) is 21.8 Å². The van der Waals surface area contributed by atoms with Crippen LogP contribution in [0.15, 0.2) is 23.1 Å². The Kier molecular flexibility index (Phi) is 5.83. The van der Waals surface area contributed by atoms with Gasteiger partial charge in [0.1, 0.15) is 0 Å². The Morgan fingerprint density at radius 1 is 1.30 bits per heavy atom. The van der Waals surface area contributed by atoms with Gasteiger partial charge in [0.25, 0.3) is 0 Å². The molecule has 0 saturated carbocycles. The number of hydrogen-bond donors (Lipinski definition) is 2. The van der Waals surface area contributed by atoms with Crippen LogP contribution in [0.4, 0.5) is 5.69 Å². The van der Waals surface area contributed by atoms with Crippen LogP contribution in [0.5, 0.6) is 0 Å². The van der Waals surface area contributed by atoms with E-state index in [-0.39, 0.29) is 29.2 Å². The molecule has 8 nitrogen and oxygen atoms in total. The first kappa shape index (κ1) is 19.8. The molecule has 0 spiro atoms. The number of rotatable bonds is 5. The highest BCUT2D eigenvalue weighted by Gasteiger charge is 2.34. The summed E-state index contributed by atoms with van der Waals surface area (Å²) < 4.78 is 27.5. The SMILES string of the molecule is CC(=O)N1CCc2cc(S(=O)(=O)N3CCCC(C(=O)NCCN)C3)ccc21. The Hall–Kier alpha value is -1.97. The molecule has 2 amide bonds. The molecule has 148 valence electrons. The van der Waals surface area contributed by atoms with Crippen molar-refractivity contribution in [3.8, 4) is 0 Å². The number of sulfonamides is 1. The van der Waals surface area contributed by atoms with Gasteiger partial charge in [-0.25, -0.2) is 8.42 Å². The van der Waals surface area contributed by atoms with Gasteiger partial charge in [-0.05, 0) is 43.0 Å². The second-order valence-electron chi connectivity index (χ2n) is 6.99. The minimum atomic E-state index is -3.68. The summed E-state index contributed by atoms with van der Waals surface area (Å²) in [7, 11) is -3.68. The lowest BCUT2D eigenvalue weighted by Gasteiger charge is -2.31. The quantitative estimate of drug-likeness (QED) is 0.734. The molecule has 0 aromatic heterocycles. The van der Waals surface area contributed by atoms with Crippen LogP contribution in [-0.4, -0.2) is 57.3 Å². The van der Waals surface area contributed by atoms with E-state index in [4.69, 9.17) is 5.73 Å². The van der Waals surface area contributed by atoms with Crippen molar-refractivity contribution in [3.63, 3.8) is 0 Å². The van der Waals surface area contributed by atoms with Gasteiger partial charge in [-0.15, -0.1) is 0 Å². The molecule has 3 rings (SSSR count). The third-order valence-corrected chi connectivity index (χ3v) is 7.02. The van der Waals surface area contributed by atoms with Crippen LogP contribution in [0.1, 0.15) is 25.3 Å². The maximum absolute atomic E-state index is 13.1. The third kappa shape index (κ3) is 3.99. The average molecular weight is 394 g/mol. The Bertz CT molecular complexity index is 840. The first-order valence-electron chi connectivity index (χ1n) is 9.23. The number of anilines is 1. The second-order valence-corrected chi connectivity index (χ2v) is 8.93. The molecule has 0 aliphatic carbocycles. The van der Waals surface area contributed by atoms with Gasteiger partial charge >= 0.3 is 0 Å². The van der Waals surface area contributed by atoms with Gasteiger partial charge in [0.15, 0.2) is 0 Å². The topological polar surface area (TPSA) is 113 Å². The van der Waals surface area contributed by atoms with E-state index in [9.17, 15) is 18.0 Å². The molecule has 2 heterocycles. The molecule has 1 aromatic rings. The molecule has 1 aromatic carbocycles. The highest BCUT2D eigenvalue weighted by Crippen LogP contribution is 2.32. The Morgan fingerprint density at radius 3 is 2.78 bits per heavy atom. The van der Waals surface area contributed by atoms with Crippen LogP contribution in [0.25, 0.3) is 0 Å². The van der Waals surface area contributed by atoms with Crippen LogP contribution in [-0.2, 0) is 26.0 Å². The number of amides is 2. The summed E-state index contributed by atoms with van der Waals surface area (Å²) in [6.45, 7) is 3.39. The van der Waals surface area contributed by atoms with Crippen molar-refractivity contribution >= 4 is 27.5 Å². The number of carbonyl (C=O) groups excluding carboxylic acids is 2. The first-order valence-corrected chi connectivity index (χ1v) is 10.7. The largest absolute Gasteiger partial charge is 0.355 e. The monoisotopic (exact) mass is 394 g/mol. The Morgan fingerprint density at radius 2 is 2.07 bits per heavy atom. The maximum atomic E-state index is 13.1. The predicted octanol–water partition coefficient (Wildman–Crippen LogP) is 0.0712. The lowest BCUT2D eigenvalue weighted by Crippen LogP contribution is -2.46. The van der Waals surface area contributed by atoms with Crippen molar-refractivity contribution in [3.05, 3.63) is 23.8 Å². The number of nitrogens with two attached hydrogens (primary N) is 1. The van der Waals surface area contributed by atoms with Crippen molar-refractivity contribution in [1.29, 1.82) is 0 Å². The second kappa shape index (κ2) is 7.95. The van der Waals surface area contributed by atoms with E-state index in [0.717, 1.165) is 11.3 Å². The van der Waals surface area contributed by atoms with Crippen LogP contribution in [0.3, 0.4) is 0 Å². The van der Waals surface area contributed by atoms with E-state index in [1.54, 1.807) is 23.1 Å². The van der Waals surface area contributed by atoms with Crippen LogP contribution in [0, 0.1) is 5.92 Å². The molecule has 1 saturated heterocycles. The van der Waals surface area contributed by atoms with Gasteiger partial charge in [-0.1, -0.05) is 0 Å². The number of fused-ring (bicyclic) bond motifs is 1. The summed E-state index contributed by atoms with van der Waals surface area (Å²) in [5.74, 6) is -0.555. The van der Waals surface area contributed by atoms with Crippen molar-refractivity contribution in [2.24, 2.45) is 11.7 Å². The van der Waals surface area contributed by atoms with Gasteiger partial charge in [-0.3, -0.25) is 9.59 Å². The Balaban J connectivity index is 1.78. The lowest BCUT2D eigenvalue weighted by atomic mass is 9.99.